The van der Waals surface area contributed by atoms with Crippen LogP contribution >= 0.6 is 35.1 Å². The van der Waals surface area contributed by atoms with Gasteiger partial charge >= 0.3 is 0 Å². The number of hydrogen-bond donors (Lipinski definition) is 2. The van der Waals surface area contributed by atoms with E-state index in [1.807, 2.05) is 11.4 Å². The van der Waals surface area contributed by atoms with Gasteiger partial charge in [0.2, 0.25) is 5.91 Å². The van der Waals surface area contributed by atoms with Gasteiger partial charge in [-0.25, -0.2) is 4.98 Å². The number of carbonyl (C=O) groups excluding carboxylic acids is 1. The molecule has 0 aliphatic heterocycles. The number of nitrogens with one attached hydrogen (secondary N) is 2. The fraction of sp³-hybridized carbons (Fsp3) is 0.385. The van der Waals surface area contributed by atoms with Crippen LogP contribution in [-0.4, -0.2) is 37.7 Å². The third-order valence-electron chi connectivity index (χ3n) is 2.51. The van der Waals surface area contributed by atoms with Crippen molar-refractivity contribution in [1.29, 1.82) is 0 Å². The molecule has 2 heterocycles. The second-order valence-corrected chi connectivity index (χ2v) is 6.31. The molecule has 0 aliphatic rings. The molecule has 0 aliphatic carbocycles. The molecule has 5 nitrogen and oxygen atoms in total. The zero-order chi connectivity index (χ0) is 14.4. The van der Waals surface area contributed by atoms with E-state index in [4.69, 9.17) is 4.74 Å². The summed E-state index contributed by atoms with van der Waals surface area (Å²) in [6.07, 6.45) is 0. The van der Waals surface area contributed by atoms with Crippen molar-refractivity contribution in [3.63, 3.8) is 0 Å². The highest BCUT2D eigenvalue weighted by molar-refractivity contribution is 7.17. The van der Waals surface area contributed by atoms with Crippen LogP contribution < -0.4 is 10.6 Å². The fourth-order valence-corrected chi connectivity index (χ4v) is 3.19. The smallest absolute Gasteiger partial charge is 0.240 e. The molecule has 1 amide bonds. The third kappa shape index (κ3) is 5.72. The third-order valence-corrected chi connectivity index (χ3v) is 4.29. The normalized spacial score (nSPS) is 10.2. The minimum Gasteiger partial charge on any atom is -0.383 e. The lowest BCUT2D eigenvalue weighted by molar-refractivity contribution is -0.115. The second kappa shape index (κ2) is 9.11. The standard InChI is InChI=1S/C13H17N3O2S2.ClH/c1-9-3-4-11(20-9)10-8-19-13(15-10)16-12(17)7-14-5-6-18-2;/h3-4,8,14H,5-7H2,1-2H3,(H,15,16,17);1H. The Morgan fingerprint density at radius 3 is 2.90 bits per heavy atom. The van der Waals surface area contributed by atoms with Gasteiger partial charge in [-0.05, 0) is 19.1 Å². The summed E-state index contributed by atoms with van der Waals surface area (Å²) < 4.78 is 4.89. The highest BCUT2D eigenvalue weighted by Crippen LogP contribution is 2.30. The van der Waals surface area contributed by atoms with E-state index in [1.54, 1.807) is 18.4 Å². The number of rotatable bonds is 7. The predicted octanol–water partition coefficient (Wildman–Crippen LogP) is 2.78. The first kappa shape index (κ1) is 18.1. The maximum Gasteiger partial charge on any atom is 0.240 e. The van der Waals surface area contributed by atoms with Crippen LogP contribution in [-0.2, 0) is 9.53 Å². The van der Waals surface area contributed by atoms with Crippen LogP contribution in [0.5, 0.6) is 0 Å². The van der Waals surface area contributed by atoms with E-state index < -0.39 is 0 Å². The Labute approximate surface area is 138 Å². The topological polar surface area (TPSA) is 63.2 Å². The molecule has 21 heavy (non-hydrogen) atoms. The number of thiazole rings is 1. The van der Waals surface area contributed by atoms with Gasteiger partial charge in [0.05, 0.1) is 23.7 Å². The molecule has 2 N–H and O–H groups in total. The number of methoxy groups -OCH3 is 1. The molecule has 2 rings (SSSR count). The molecule has 0 fully saturated rings. The van der Waals surface area contributed by atoms with Gasteiger partial charge in [0, 0.05) is 23.9 Å². The maximum atomic E-state index is 11.7. The van der Waals surface area contributed by atoms with Crippen LogP contribution in [0.3, 0.4) is 0 Å². The quantitative estimate of drug-likeness (QED) is 0.756. The SMILES string of the molecule is COCCNCC(=O)Nc1nc(-c2ccc(C)s2)cs1.Cl. The lowest BCUT2D eigenvalue weighted by atomic mass is 10.4. The summed E-state index contributed by atoms with van der Waals surface area (Å²) in [4.78, 5) is 18.5. The van der Waals surface area contributed by atoms with Crippen LogP contribution in [0.15, 0.2) is 17.5 Å². The Morgan fingerprint density at radius 2 is 2.24 bits per heavy atom. The number of hydrogen-bond acceptors (Lipinski definition) is 6. The van der Waals surface area contributed by atoms with Crippen molar-refractivity contribution < 1.29 is 9.53 Å². The first-order valence-electron chi connectivity index (χ1n) is 6.21. The van der Waals surface area contributed by atoms with Crippen LogP contribution in [0.1, 0.15) is 4.88 Å². The van der Waals surface area contributed by atoms with Crippen molar-refractivity contribution in [2.75, 3.05) is 32.1 Å². The number of aryl methyl sites for hydroxylation is 1. The zero-order valence-electron chi connectivity index (χ0n) is 11.8. The molecular formula is C13H18ClN3O2S2. The summed E-state index contributed by atoms with van der Waals surface area (Å²) in [7, 11) is 1.63. The van der Waals surface area contributed by atoms with Crippen LogP contribution in [0, 0.1) is 6.92 Å². The van der Waals surface area contributed by atoms with E-state index in [-0.39, 0.29) is 24.9 Å². The lowest BCUT2D eigenvalue weighted by Crippen LogP contribution is -2.30. The number of aromatic nitrogens is 1. The van der Waals surface area contributed by atoms with Gasteiger partial charge in [-0.15, -0.1) is 35.1 Å². The van der Waals surface area contributed by atoms with Crippen molar-refractivity contribution in [1.82, 2.24) is 10.3 Å². The van der Waals surface area contributed by atoms with E-state index >= 15 is 0 Å². The fourth-order valence-electron chi connectivity index (χ4n) is 1.56. The molecular weight excluding hydrogens is 330 g/mol. The monoisotopic (exact) mass is 347 g/mol. The average Bonchev–Trinajstić information content (AvgIpc) is 3.04. The molecule has 8 heteroatoms. The van der Waals surface area contributed by atoms with Gasteiger partial charge in [0.1, 0.15) is 0 Å². The van der Waals surface area contributed by atoms with Crippen molar-refractivity contribution >= 4 is 46.1 Å². The van der Waals surface area contributed by atoms with Gasteiger partial charge in [-0.3, -0.25) is 4.79 Å². The van der Waals surface area contributed by atoms with Crippen LogP contribution in [0.2, 0.25) is 0 Å². The van der Waals surface area contributed by atoms with Gasteiger partial charge in [0.15, 0.2) is 5.13 Å². The van der Waals surface area contributed by atoms with E-state index in [2.05, 4.69) is 28.6 Å². The molecule has 2 aromatic heterocycles. The van der Waals surface area contributed by atoms with E-state index in [0.29, 0.717) is 18.3 Å². The minimum absolute atomic E-state index is 0. The van der Waals surface area contributed by atoms with Crippen molar-refractivity contribution in [3.05, 3.63) is 22.4 Å². The summed E-state index contributed by atoms with van der Waals surface area (Å²) in [6.45, 7) is 3.57. The predicted molar refractivity (Wildman–Crippen MR) is 90.8 cm³/mol. The Bertz CT molecular complexity index is 571. The van der Waals surface area contributed by atoms with E-state index in [0.717, 1.165) is 10.6 Å². The molecule has 0 saturated carbocycles. The second-order valence-electron chi connectivity index (χ2n) is 4.17. The van der Waals surface area contributed by atoms with Gasteiger partial charge in [-0.1, -0.05) is 0 Å². The van der Waals surface area contributed by atoms with Gasteiger partial charge in [-0.2, -0.15) is 0 Å². The summed E-state index contributed by atoms with van der Waals surface area (Å²) in [5.74, 6) is -0.0932. The van der Waals surface area contributed by atoms with Gasteiger partial charge in [0.25, 0.3) is 0 Å². The molecule has 0 bridgehead atoms. The van der Waals surface area contributed by atoms with Crippen molar-refractivity contribution in [3.8, 4) is 10.6 Å². The number of nitrogens with zero attached hydrogens (tertiary/aromatic N) is 1. The van der Waals surface area contributed by atoms with Gasteiger partial charge < -0.3 is 15.4 Å². The summed E-state index contributed by atoms with van der Waals surface area (Å²) in [5.41, 5.74) is 0.913. The molecule has 116 valence electrons. The highest BCUT2D eigenvalue weighted by Gasteiger charge is 2.09. The van der Waals surface area contributed by atoms with Crippen molar-refractivity contribution in [2.45, 2.75) is 6.92 Å². The number of anilines is 1. The molecule has 0 unspecified atom stereocenters. The van der Waals surface area contributed by atoms with E-state index in [1.165, 1.54) is 16.2 Å². The molecule has 0 atom stereocenters. The maximum absolute atomic E-state index is 11.7. The zero-order valence-corrected chi connectivity index (χ0v) is 14.3. The molecule has 0 aromatic carbocycles. The summed E-state index contributed by atoms with van der Waals surface area (Å²) in [5, 5.41) is 8.36. The summed E-state index contributed by atoms with van der Waals surface area (Å²) >= 11 is 3.13. The first-order chi connectivity index (χ1) is 9.69. The number of carbonyl (C=O) groups is 1. The number of halogens is 1. The largest absolute Gasteiger partial charge is 0.383 e. The minimum atomic E-state index is -0.0932. The Kier molecular flexibility index (Phi) is 7.84. The molecule has 0 spiro atoms. The van der Waals surface area contributed by atoms with Crippen molar-refractivity contribution in [2.24, 2.45) is 0 Å². The van der Waals surface area contributed by atoms with Crippen LogP contribution in [0.25, 0.3) is 10.6 Å². The average molecular weight is 348 g/mol. The Hall–Kier alpha value is -0.990. The van der Waals surface area contributed by atoms with E-state index in [9.17, 15) is 4.79 Å². The number of amides is 1. The number of thiophene rings is 1. The number of ether oxygens (including phenoxy) is 1. The van der Waals surface area contributed by atoms with Crippen LogP contribution in [0.4, 0.5) is 5.13 Å². The lowest BCUT2D eigenvalue weighted by Gasteiger charge is -2.03. The Morgan fingerprint density at radius 1 is 1.43 bits per heavy atom. The summed E-state index contributed by atoms with van der Waals surface area (Å²) in [6, 6.07) is 4.12. The Balaban J connectivity index is 0.00000220. The molecule has 0 saturated heterocycles. The molecule has 0 radical (unpaired) electrons. The highest BCUT2D eigenvalue weighted by atomic mass is 35.5. The first-order valence-corrected chi connectivity index (χ1v) is 7.90. The molecule has 2 aromatic rings.